The average Bonchev–Trinajstić information content (AvgIpc) is 1.78. The molecule has 0 aromatic rings. The maximum absolute atomic E-state index is 12.2. The van der Waals surface area contributed by atoms with E-state index >= 15 is 0 Å². The first-order valence-corrected chi connectivity index (χ1v) is 2.72. The number of hydrogen-bond acceptors (Lipinski definition) is 2. The molecule has 0 amide bonds. The highest BCUT2D eigenvalue weighted by molar-refractivity contribution is 6.14. The molecule has 2 nitrogen and oxygen atoms in total. The van der Waals surface area contributed by atoms with Crippen molar-refractivity contribution in [3.63, 3.8) is 0 Å². The summed E-state index contributed by atoms with van der Waals surface area (Å²) in [5.74, 6) is -2.72. The second kappa shape index (κ2) is 1.67. The first kappa shape index (κ1) is 6.96. The summed E-state index contributed by atoms with van der Waals surface area (Å²) in [6, 6.07) is 0. The predicted molar refractivity (Wildman–Crippen MR) is 31.0 cm³/mol. The molecule has 0 saturated carbocycles. The van der Waals surface area contributed by atoms with Crippen LogP contribution in [0.1, 0.15) is 6.42 Å². The molecule has 1 saturated heterocycles. The molecule has 1 heterocycles. The Kier molecular flexibility index (Phi) is 1.29. The van der Waals surface area contributed by atoms with Crippen LogP contribution in [0, 0.1) is 0 Å². The molecule has 1 unspecified atom stereocenters. The van der Waals surface area contributed by atoms with Gasteiger partial charge in [-0.25, -0.2) is 8.78 Å². The molecule has 0 bridgehead atoms. The quantitative estimate of drug-likeness (QED) is 0.445. The minimum absolute atomic E-state index is 0.375. The lowest BCUT2D eigenvalue weighted by Crippen LogP contribution is -2.40. The summed E-state index contributed by atoms with van der Waals surface area (Å²) in [5, 5.41) is 0. The summed E-state index contributed by atoms with van der Waals surface area (Å²) in [7, 11) is 1.45. The van der Waals surface area contributed by atoms with Crippen molar-refractivity contribution in [1.29, 1.82) is 0 Å². The molecule has 1 atom stereocenters. The topological polar surface area (TPSA) is 35.2 Å². The minimum Gasteiger partial charge on any atom is -0.363 e. The van der Waals surface area contributed by atoms with Gasteiger partial charge in [-0.1, -0.05) is 0 Å². The minimum atomic E-state index is -2.72. The van der Waals surface area contributed by atoms with Crippen LogP contribution < -0.4 is 5.73 Å². The van der Waals surface area contributed by atoms with E-state index in [0.717, 1.165) is 0 Å². The number of hydrogen-bond donors (Lipinski definition) is 1. The summed E-state index contributed by atoms with van der Waals surface area (Å²) >= 11 is 0. The summed E-state index contributed by atoms with van der Waals surface area (Å²) in [6.07, 6.45) is -0.375. The van der Waals surface area contributed by atoms with Gasteiger partial charge in [-0.3, -0.25) is 0 Å². The van der Waals surface area contributed by atoms with Crippen LogP contribution in [0.4, 0.5) is 8.78 Å². The SMILES string of the molecule is BC1(N)CC(F)(F)CO1. The normalized spacial score (nSPS) is 41.2. The number of halogens is 2. The van der Waals surface area contributed by atoms with Crippen LogP contribution >= 0.6 is 0 Å². The fraction of sp³-hybridized carbons (Fsp3) is 1.00. The second-order valence-corrected chi connectivity index (χ2v) is 2.63. The molecule has 1 aliphatic heterocycles. The molecule has 0 aromatic carbocycles. The summed E-state index contributed by atoms with van der Waals surface area (Å²) in [4.78, 5) is 0. The lowest BCUT2D eigenvalue weighted by Gasteiger charge is -2.14. The maximum Gasteiger partial charge on any atom is 0.274 e. The fourth-order valence-electron chi connectivity index (χ4n) is 0.886. The summed E-state index contributed by atoms with van der Waals surface area (Å²) in [6.45, 7) is -0.542. The van der Waals surface area contributed by atoms with E-state index in [1.165, 1.54) is 7.85 Å². The smallest absolute Gasteiger partial charge is 0.274 e. The van der Waals surface area contributed by atoms with Gasteiger partial charge in [0.15, 0.2) is 7.85 Å². The van der Waals surface area contributed by atoms with E-state index in [1.54, 1.807) is 0 Å². The molecule has 0 radical (unpaired) electrons. The van der Waals surface area contributed by atoms with Crippen LogP contribution in [0.3, 0.4) is 0 Å². The van der Waals surface area contributed by atoms with E-state index in [-0.39, 0.29) is 6.42 Å². The standard InChI is InChI=1S/C4H8BF2NO/c5-4(8)1-3(6,7)2-9-4/h1-2,5,8H2. The van der Waals surface area contributed by atoms with Gasteiger partial charge in [0.05, 0.1) is 5.62 Å². The van der Waals surface area contributed by atoms with Gasteiger partial charge in [0.2, 0.25) is 0 Å². The Morgan fingerprint density at radius 3 is 2.22 bits per heavy atom. The average molecular weight is 135 g/mol. The highest BCUT2D eigenvalue weighted by atomic mass is 19.3. The third kappa shape index (κ3) is 1.62. The first-order chi connectivity index (χ1) is 3.91. The van der Waals surface area contributed by atoms with E-state index in [4.69, 9.17) is 5.73 Å². The number of nitrogens with two attached hydrogens (primary N) is 1. The van der Waals surface area contributed by atoms with E-state index < -0.39 is 18.2 Å². The Labute approximate surface area is 52.8 Å². The Morgan fingerprint density at radius 1 is 1.56 bits per heavy atom. The Hall–Kier alpha value is -0.155. The largest absolute Gasteiger partial charge is 0.363 e. The van der Waals surface area contributed by atoms with Gasteiger partial charge in [0.25, 0.3) is 5.92 Å². The van der Waals surface area contributed by atoms with Crippen molar-refractivity contribution >= 4 is 7.85 Å². The van der Waals surface area contributed by atoms with E-state index in [1.807, 2.05) is 0 Å². The van der Waals surface area contributed by atoms with Gasteiger partial charge >= 0.3 is 0 Å². The molecule has 1 aliphatic rings. The zero-order chi connectivity index (χ0) is 7.12. The molecule has 9 heavy (non-hydrogen) atoms. The van der Waals surface area contributed by atoms with Crippen molar-refractivity contribution < 1.29 is 13.5 Å². The third-order valence-corrected chi connectivity index (χ3v) is 1.22. The monoisotopic (exact) mass is 135 g/mol. The van der Waals surface area contributed by atoms with Crippen molar-refractivity contribution in [2.45, 2.75) is 18.0 Å². The molecule has 0 spiro atoms. The third-order valence-electron chi connectivity index (χ3n) is 1.22. The molecule has 1 rings (SSSR count). The zero-order valence-corrected chi connectivity index (χ0v) is 5.16. The van der Waals surface area contributed by atoms with Gasteiger partial charge in [0.1, 0.15) is 6.61 Å². The van der Waals surface area contributed by atoms with Gasteiger partial charge < -0.3 is 10.5 Å². The van der Waals surface area contributed by atoms with Crippen LogP contribution in [0.25, 0.3) is 0 Å². The van der Waals surface area contributed by atoms with Crippen LogP contribution in [0.15, 0.2) is 0 Å². The van der Waals surface area contributed by atoms with Crippen LogP contribution in [0.2, 0.25) is 0 Å². The lowest BCUT2D eigenvalue weighted by atomic mass is 9.88. The van der Waals surface area contributed by atoms with Crippen molar-refractivity contribution in [2.24, 2.45) is 5.73 Å². The number of rotatable bonds is 0. The van der Waals surface area contributed by atoms with Gasteiger partial charge in [0, 0.05) is 6.42 Å². The molecule has 5 heteroatoms. The molecule has 0 aromatic heterocycles. The van der Waals surface area contributed by atoms with Crippen molar-refractivity contribution in [3.8, 4) is 0 Å². The number of ether oxygens (including phenoxy) is 1. The predicted octanol–water partition coefficient (Wildman–Crippen LogP) is -0.712. The van der Waals surface area contributed by atoms with Crippen molar-refractivity contribution in [1.82, 2.24) is 0 Å². The Balaban J connectivity index is 2.58. The highest BCUT2D eigenvalue weighted by Gasteiger charge is 2.45. The molecule has 2 N–H and O–H groups in total. The van der Waals surface area contributed by atoms with Crippen molar-refractivity contribution in [2.75, 3.05) is 6.61 Å². The highest BCUT2D eigenvalue weighted by Crippen LogP contribution is 2.31. The molecule has 52 valence electrons. The van der Waals surface area contributed by atoms with E-state index in [0.29, 0.717) is 0 Å². The van der Waals surface area contributed by atoms with Crippen molar-refractivity contribution in [3.05, 3.63) is 0 Å². The molecule has 0 aliphatic carbocycles. The molecular weight excluding hydrogens is 127 g/mol. The second-order valence-electron chi connectivity index (χ2n) is 2.63. The van der Waals surface area contributed by atoms with Crippen LogP contribution in [-0.4, -0.2) is 26.0 Å². The first-order valence-electron chi connectivity index (χ1n) is 2.72. The maximum atomic E-state index is 12.2. The summed E-state index contributed by atoms with van der Waals surface area (Å²) in [5.41, 5.74) is 4.13. The van der Waals surface area contributed by atoms with Gasteiger partial charge in [-0.2, -0.15) is 0 Å². The van der Waals surface area contributed by atoms with E-state index in [9.17, 15) is 8.78 Å². The lowest BCUT2D eigenvalue weighted by molar-refractivity contribution is -0.0119. The molecular formula is C4H8BF2NO. The Bertz CT molecular complexity index is 114. The summed E-state index contributed by atoms with van der Waals surface area (Å²) < 4.78 is 29.1. The zero-order valence-electron chi connectivity index (χ0n) is 5.16. The van der Waals surface area contributed by atoms with Crippen LogP contribution in [0.5, 0.6) is 0 Å². The van der Waals surface area contributed by atoms with E-state index in [2.05, 4.69) is 4.74 Å². The molecule has 1 fully saturated rings. The number of alkyl halides is 2. The van der Waals surface area contributed by atoms with Gasteiger partial charge in [-0.15, -0.1) is 0 Å². The Morgan fingerprint density at radius 2 is 2.11 bits per heavy atom. The van der Waals surface area contributed by atoms with Crippen LogP contribution in [-0.2, 0) is 4.74 Å². The fourth-order valence-corrected chi connectivity index (χ4v) is 0.886. The van der Waals surface area contributed by atoms with Gasteiger partial charge in [-0.05, 0) is 0 Å².